The van der Waals surface area contributed by atoms with Gasteiger partial charge in [-0.05, 0) is 56.3 Å². The van der Waals surface area contributed by atoms with Crippen LogP contribution in [-0.2, 0) is 21.4 Å². The van der Waals surface area contributed by atoms with Crippen molar-refractivity contribution in [3.8, 4) is 0 Å². The van der Waals surface area contributed by atoms with Crippen molar-refractivity contribution in [2.24, 2.45) is 0 Å². The minimum Gasteiger partial charge on any atom is -0.350 e. The summed E-state index contributed by atoms with van der Waals surface area (Å²) in [5.74, 6) is -0.440. The van der Waals surface area contributed by atoms with Crippen LogP contribution >= 0.6 is 0 Å². The summed E-state index contributed by atoms with van der Waals surface area (Å²) < 4.78 is 28.8. The molecule has 3 rings (SSSR count). The first-order chi connectivity index (χ1) is 14.7. The van der Waals surface area contributed by atoms with Gasteiger partial charge in [0.25, 0.3) is 5.91 Å². The normalized spacial score (nSPS) is 11.6. The number of hydrogen-bond donors (Lipinski definition) is 3. The quantitative estimate of drug-likeness (QED) is 0.482. The van der Waals surface area contributed by atoms with Gasteiger partial charge in [-0.1, -0.05) is 5.21 Å². The molecular formula is C20H24N6O4S. The molecule has 3 aromatic rings. The molecule has 0 bridgehead atoms. The lowest BCUT2D eigenvalue weighted by Gasteiger charge is -2.09. The summed E-state index contributed by atoms with van der Waals surface area (Å²) in [5.41, 5.74) is 2.19. The van der Waals surface area contributed by atoms with Crippen molar-refractivity contribution >= 4 is 38.6 Å². The molecule has 164 valence electrons. The molecule has 1 heterocycles. The van der Waals surface area contributed by atoms with Gasteiger partial charge < -0.3 is 10.6 Å². The molecule has 0 unspecified atom stereocenters. The Morgan fingerprint density at radius 3 is 2.45 bits per heavy atom. The molecular weight excluding hydrogens is 420 g/mol. The maximum absolute atomic E-state index is 12.3. The Morgan fingerprint density at radius 1 is 1.10 bits per heavy atom. The molecule has 0 fully saturated rings. The minimum absolute atomic E-state index is 0.122. The highest BCUT2D eigenvalue weighted by Gasteiger charge is 2.17. The van der Waals surface area contributed by atoms with Crippen molar-refractivity contribution in [1.29, 1.82) is 0 Å². The molecule has 0 radical (unpaired) electrons. The van der Waals surface area contributed by atoms with Crippen LogP contribution < -0.4 is 15.4 Å². The molecule has 0 spiro atoms. The Morgan fingerprint density at radius 2 is 1.81 bits per heavy atom. The second kappa shape index (κ2) is 9.23. The van der Waals surface area contributed by atoms with E-state index in [0.717, 1.165) is 0 Å². The number of carbonyl (C=O) groups excluding carboxylic acids is 2. The SMILES string of the molecule is CC(=O)Nc1ccc(C(=O)NCCn2nnc3cc(S(=O)(=O)NC(C)C)ccc32)cc1. The highest BCUT2D eigenvalue weighted by atomic mass is 32.2. The number of rotatable bonds is 8. The van der Waals surface area contributed by atoms with E-state index in [1.165, 1.54) is 19.1 Å². The van der Waals surface area contributed by atoms with Gasteiger partial charge in [0.15, 0.2) is 0 Å². The van der Waals surface area contributed by atoms with Gasteiger partial charge in [-0.2, -0.15) is 0 Å². The zero-order valence-corrected chi connectivity index (χ0v) is 18.2. The number of nitrogens with one attached hydrogen (secondary N) is 3. The number of amides is 2. The topological polar surface area (TPSA) is 135 Å². The summed E-state index contributed by atoms with van der Waals surface area (Å²) in [6.07, 6.45) is 0. The molecule has 2 amide bonds. The van der Waals surface area contributed by atoms with Crippen LogP contribution in [-0.4, -0.2) is 47.8 Å². The third kappa shape index (κ3) is 5.64. The van der Waals surface area contributed by atoms with Crippen LogP contribution in [0, 0.1) is 0 Å². The average Bonchev–Trinajstić information content (AvgIpc) is 3.09. The molecule has 0 aliphatic carbocycles. The number of hydrogen-bond acceptors (Lipinski definition) is 6. The van der Waals surface area contributed by atoms with E-state index in [1.54, 1.807) is 48.9 Å². The smallest absolute Gasteiger partial charge is 0.251 e. The number of aromatic nitrogens is 3. The molecule has 0 saturated carbocycles. The summed E-state index contributed by atoms with van der Waals surface area (Å²) in [7, 11) is -3.62. The van der Waals surface area contributed by atoms with Gasteiger partial charge in [0.1, 0.15) is 5.52 Å². The highest BCUT2D eigenvalue weighted by Crippen LogP contribution is 2.17. The van der Waals surface area contributed by atoms with Crippen LogP contribution in [0.1, 0.15) is 31.1 Å². The Hall–Kier alpha value is -3.31. The molecule has 10 nitrogen and oxygen atoms in total. The molecule has 2 aromatic carbocycles. The Labute approximate surface area is 180 Å². The van der Waals surface area contributed by atoms with E-state index in [2.05, 4.69) is 25.7 Å². The first-order valence-electron chi connectivity index (χ1n) is 9.67. The lowest BCUT2D eigenvalue weighted by molar-refractivity contribution is -0.114. The van der Waals surface area contributed by atoms with Gasteiger partial charge in [-0.3, -0.25) is 9.59 Å². The number of sulfonamides is 1. The fourth-order valence-electron chi connectivity index (χ4n) is 2.95. The second-order valence-corrected chi connectivity index (χ2v) is 8.97. The fraction of sp³-hybridized carbons (Fsp3) is 0.300. The predicted molar refractivity (Wildman–Crippen MR) is 116 cm³/mol. The van der Waals surface area contributed by atoms with Crippen molar-refractivity contribution in [3.05, 3.63) is 48.0 Å². The average molecular weight is 445 g/mol. The van der Waals surface area contributed by atoms with Gasteiger partial charge in [0.2, 0.25) is 15.9 Å². The standard InChI is InChI=1S/C20H24N6O4S/c1-13(2)24-31(29,30)17-8-9-19-18(12-17)23-25-26(19)11-10-21-20(28)15-4-6-16(7-5-15)22-14(3)27/h4-9,12-13,24H,10-11H2,1-3H3,(H,21,28)(H,22,27). The van der Waals surface area contributed by atoms with Gasteiger partial charge in [-0.25, -0.2) is 17.8 Å². The van der Waals surface area contributed by atoms with Gasteiger partial charge in [0.05, 0.1) is 17.0 Å². The molecule has 1 aromatic heterocycles. The Kier molecular flexibility index (Phi) is 6.66. The van der Waals surface area contributed by atoms with Gasteiger partial charge >= 0.3 is 0 Å². The minimum atomic E-state index is -3.62. The monoisotopic (exact) mass is 444 g/mol. The zero-order chi connectivity index (χ0) is 22.6. The van der Waals surface area contributed by atoms with Crippen LogP contribution in [0.15, 0.2) is 47.4 Å². The van der Waals surface area contributed by atoms with Crippen molar-refractivity contribution in [3.63, 3.8) is 0 Å². The number of nitrogens with zero attached hydrogens (tertiary/aromatic N) is 3. The molecule has 3 N–H and O–H groups in total. The maximum atomic E-state index is 12.3. The van der Waals surface area contributed by atoms with E-state index >= 15 is 0 Å². The highest BCUT2D eigenvalue weighted by molar-refractivity contribution is 7.89. The van der Waals surface area contributed by atoms with E-state index in [9.17, 15) is 18.0 Å². The lowest BCUT2D eigenvalue weighted by atomic mass is 10.2. The largest absolute Gasteiger partial charge is 0.350 e. The van der Waals surface area contributed by atoms with Crippen molar-refractivity contribution < 1.29 is 18.0 Å². The summed E-state index contributed by atoms with van der Waals surface area (Å²) in [6, 6.07) is 11.0. The molecule has 0 atom stereocenters. The second-order valence-electron chi connectivity index (χ2n) is 7.25. The van der Waals surface area contributed by atoms with Crippen LogP contribution in [0.3, 0.4) is 0 Å². The summed E-state index contributed by atoms with van der Waals surface area (Å²) in [4.78, 5) is 23.5. The fourth-order valence-corrected chi connectivity index (χ4v) is 4.22. The summed E-state index contributed by atoms with van der Waals surface area (Å²) in [6.45, 7) is 5.58. The van der Waals surface area contributed by atoms with E-state index in [1.807, 2.05) is 0 Å². The molecule has 0 aliphatic rings. The Bertz CT molecular complexity index is 1200. The van der Waals surface area contributed by atoms with Crippen LogP contribution in [0.4, 0.5) is 5.69 Å². The zero-order valence-electron chi connectivity index (χ0n) is 17.4. The number of carbonyl (C=O) groups is 2. The third-order valence-electron chi connectivity index (χ3n) is 4.26. The van der Waals surface area contributed by atoms with E-state index in [-0.39, 0.29) is 22.8 Å². The number of benzene rings is 2. The van der Waals surface area contributed by atoms with Crippen molar-refractivity contribution in [2.45, 2.75) is 38.3 Å². The third-order valence-corrected chi connectivity index (χ3v) is 5.92. The number of fused-ring (bicyclic) bond motifs is 1. The van der Waals surface area contributed by atoms with Crippen LogP contribution in [0.2, 0.25) is 0 Å². The van der Waals surface area contributed by atoms with E-state index < -0.39 is 10.0 Å². The van der Waals surface area contributed by atoms with Gasteiger partial charge in [0, 0.05) is 30.8 Å². The first kappa shape index (κ1) is 22.4. The van der Waals surface area contributed by atoms with Crippen molar-refractivity contribution in [2.75, 3.05) is 11.9 Å². The molecule has 11 heteroatoms. The number of anilines is 1. The van der Waals surface area contributed by atoms with Gasteiger partial charge in [-0.15, -0.1) is 5.10 Å². The predicted octanol–water partition coefficient (Wildman–Crippen LogP) is 1.51. The van der Waals surface area contributed by atoms with E-state index in [4.69, 9.17) is 0 Å². The maximum Gasteiger partial charge on any atom is 0.251 e. The van der Waals surface area contributed by atoms with Crippen LogP contribution in [0.25, 0.3) is 11.0 Å². The lowest BCUT2D eigenvalue weighted by Crippen LogP contribution is -2.30. The molecule has 0 aliphatic heterocycles. The van der Waals surface area contributed by atoms with Crippen LogP contribution in [0.5, 0.6) is 0 Å². The first-order valence-corrected chi connectivity index (χ1v) is 11.2. The molecule has 31 heavy (non-hydrogen) atoms. The van der Waals surface area contributed by atoms with E-state index in [0.29, 0.717) is 35.4 Å². The van der Waals surface area contributed by atoms with Crippen molar-refractivity contribution in [1.82, 2.24) is 25.0 Å². The Balaban J connectivity index is 1.62. The summed E-state index contributed by atoms with van der Waals surface area (Å²) >= 11 is 0. The summed E-state index contributed by atoms with van der Waals surface area (Å²) in [5, 5.41) is 13.5. The molecule has 0 saturated heterocycles.